The van der Waals surface area contributed by atoms with Gasteiger partial charge in [-0.05, 0) is 25.8 Å². The number of aryl methyl sites for hydroxylation is 1. The van der Waals surface area contributed by atoms with Crippen LogP contribution in [0.1, 0.15) is 43.9 Å². The highest BCUT2D eigenvalue weighted by Gasteiger charge is 2.19. The van der Waals surface area contributed by atoms with Crippen LogP contribution in [-0.2, 0) is 4.74 Å². The first-order chi connectivity index (χ1) is 7.69. The van der Waals surface area contributed by atoms with Gasteiger partial charge in [0.2, 0.25) is 0 Å². The molecule has 0 spiro atoms. The molecule has 1 aromatic carbocycles. The summed E-state index contributed by atoms with van der Waals surface area (Å²) in [6, 6.07) is 7.99. The van der Waals surface area contributed by atoms with Crippen molar-refractivity contribution in [1.82, 2.24) is 0 Å². The van der Waals surface area contributed by atoms with Crippen LogP contribution in [0, 0.1) is 6.92 Å². The van der Waals surface area contributed by atoms with Crippen LogP contribution in [0.4, 0.5) is 0 Å². The fourth-order valence-corrected chi connectivity index (χ4v) is 1.81. The van der Waals surface area contributed by atoms with E-state index in [1.165, 1.54) is 5.56 Å². The van der Waals surface area contributed by atoms with Gasteiger partial charge in [-0.15, -0.1) is 0 Å². The number of aliphatic hydroxyl groups excluding tert-OH is 1. The first-order valence-electron chi connectivity index (χ1n) is 6.05. The zero-order chi connectivity index (χ0) is 12.0. The Balaban J connectivity index is 2.72. The Bertz CT molecular complexity index is 286. The van der Waals surface area contributed by atoms with Crippen LogP contribution in [0.2, 0.25) is 0 Å². The van der Waals surface area contributed by atoms with Gasteiger partial charge in [-0.3, -0.25) is 0 Å². The smallest absolute Gasteiger partial charge is 0.105 e. The summed E-state index contributed by atoms with van der Waals surface area (Å²) in [7, 11) is 0. The van der Waals surface area contributed by atoms with Crippen molar-refractivity contribution >= 4 is 0 Å². The minimum atomic E-state index is -0.513. The van der Waals surface area contributed by atoms with Gasteiger partial charge in [0.15, 0.2) is 0 Å². The zero-order valence-corrected chi connectivity index (χ0v) is 10.4. The molecule has 2 nitrogen and oxygen atoms in total. The average molecular weight is 222 g/mol. The van der Waals surface area contributed by atoms with E-state index in [1.807, 2.05) is 38.1 Å². The molecule has 1 aromatic rings. The van der Waals surface area contributed by atoms with Crippen molar-refractivity contribution in [2.75, 3.05) is 6.61 Å². The third-order valence-electron chi connectivity index (χ3n) is 2.72. The summed E-state index contributed by atoms with van der Waals surface area (Å²) in [4.78, 5) is 0. The lowest BCUT2D eigenvalue weighted by atomic mass is 10.00. The second-order valence-electron chi connectivity index (χ2n) is 4.14. The Hall–Kier alpha value is -0.860. The van der Waals surface area contributed by atoms with E-state index in [1.54, 1.807) is 0 Å². The second-order valence-corrected chi connectivity index (χ2v) is 4.14. The van der Waals surface area contributed by atoms with E-state index >= 15 is 0 Å². The first-order valence-corrected chi connectivity index (χ1v) is 6.05. The van der Waals surface area contributed by atoms with E-state index in [0.29, 0.717) is 6.61 Å². The van der Waals surface area contributed by atoms with Gasteiger partial charge in [-0.25, -0.2) is 0 Å². The maximum absolute atomic E-state index is 10.2. The number of hydrogen-bond acceptors (Lipinski definition) is 2. The number of benzene rings is 1. The molecule has 90 valence electrons. The minimum absolute atomic E-state index is 0.0855. The van der Waals surface area contributed by atoms with Crippen molar-refractivity contribution in [3.63, 3.8) is 0 Å². The Labute approximate surface area is 98.3 Å². The molecule has 2 unspecified atom stereocenters. The van der Waals surface area contributed by atoms with E-state index in [-0.39, 0.29) is 6.10 Å². The molecule has 0 saturated heterocycles. The molecule has 0 aliphatic carbocycles. The highest BCUT2D eigenvalue weighted by molar-refractivity contribution is 5.23. The molecule has 0 aliphatic rings. The highest BCUT2D eigenvalue weighted by Crippen LogP contribution is 2.22. The van der Waals surface area contributed by atoms with Gasteiger partial charge in [0, 0.05) is 6.61 Å². The van der Waals surface area contributed by atoms with Gasteiger partial charge in [0.25, 0.3) is 0 Å². The molecule has 0 bridgehead atoms. The molecule has 0 saturated carbocycles. The fourth-order valence-electron chi connectivity index (χ4n) is 1.81. The van der Waals surface area contributed by atoms with Crippen LogP contribution in [0.15, 0.2) is 24.3 Å². The van der Waals surface area contributed by atoms with Gasteiger partial charge in [-0.2, -0.15) is 0 Å². The number of rotatable bonds is 6. The molecular formula is C14H22O2. The summed E-state index contributed by atoms with van der Waals surface area (Å²) in [6.45, 7) is 6.76. The van der Waals surface area contributed by atoms with Crippen LogP contribution in [0.25, 0.3) is 0 Å². The third-order valence-corrected chi connectivity index (χ3v) is 2.72. The molecule has 1 N–H and O–H groups in total. The molecule has 0 amide bonds. The summed E-state index contributed by atoms with van der Waals surface area (Å²) in [5, 5.41) is 10.2. The average Bonchev–Trinajstić information content (AvgIpc) is 2.29. The normalized spacial score (nSPS) is 14.8. The summed E-state index contributed by atoms with van der Waals surface area (Å²) in [5.41, 5.74) is 2.15. The molecule has 2 heteroatoms. The maximum atomic E-state index is 10.2. The Morgan fingerprint density at radius 3 is 2.31 bits per heavy atom. The van der Waals surface area contributed by atoms with Crippen LogP contribution in [0.5, 0.6) is 0 Å². The summed E-state index contributed by atoms with van der Waals surface area (Å²) >= 11 is 0. The summed E-state index contributed by atoms with van der Waals surface area (Å²) in [5.74, 6) is 0. The lowest BCUT2D eigenvalue weighted by molar-refractivity contribution is -0.0384. The topological polar surface area (TPSA) is 29.5 Å². The summed E-state index contributed by atoms with van der Waals surface area (Å²) < 4.78 is 5.58. The Morgan fingerprint density at radius 1 is 1.19 bits per heavy atom. The van der Waals surface area contributed by atoms with Crippen LogP contribution in [-0.4, -0.2) is 17.8 Å². The number of ether oxygens (including phenoxy) is 1. The molecule has 2 atom stereocenters. The van der Waals surface area contributed by atoms with Gasteiger partial charge in [0.1, 0.15) is 6.10 Å². The van der Waals surface area contributed by atoms with Crippen molar-refractivity contribution in [2.45, 2.75) is 45.8 Å². The highest BCUT2D eigenvalue weighted by atomic mass is 16.5. The Kier molecular flexibility index (Phi) is 5.50. The fraction of sp³-hybridized carbons (Fsp3) is 0.571. The van der Waals surface area contributed by atoms with Crippen molar-refractivity contribution in [3.05, 3.63) is 35.4 Å². The van der Waals surface area contributed by atoms with E-state index in [9.17, 15) is 5.11 Å². The van der Waals surface area contributed by atoms with Crippen molar-refractivity contribution in [2.24, 2.45) is 0 Å². The van der Waals surface area contributed by atoms with Gasteiger partial charge < -0.3 is 9.84 Å². The van der Waals surface area contributed by atoms with Gasteiger partial charge in [0.05, 0.1) is 6.10 Å². The van der Waals surface area contributed by atoms with E-state index in [4.69, 9.17) is 4.74 Å². The molecule has 0 radical (unpaired) electrons. The quantitative estimate of drug-likeness (QED) is 0.800. The molecule has 1 rings (SSSR count). The molecule has 0 fully saturated rings. The summed E-state index contributed by atoms with van der Waals surface area (Å²) in [6.07, 6.45) is 1.31. The zero-order valence-electron chi connectivity index (χ0n) is 10.4. The van der Waals surface area contributed by atoms with Crippen molar-refractivity contribution in [3.8, 4) is 0 Å². The molecule has 0 heterocycles. The van der Waals surface area contributed by atoms with Crippen molar-refractivity contribution in [1.29, 1.82) is 0 Å². The van der Waals surface area contributed by atoms with E-state index in [2.05, 4.69) is 6.92 Å². The number of hydrogen-bond donors (Lipinski definition) is 1. The van der Waals surface area contributed by atoms with E-state index in [0.717, 1.165) is 18.4 Å². The van der Waals surface area contributed by atoms with Gasteiger partial charge in [-0.1, -0.05) is 43.2 Å². The molecule has 16 heavy (non-hydrogen) atoms. The third kappa shape index (κ3) is 3.62. The first kappa shape index (κ1) is 13.2. The van der Waals surface area contributed by atoms with Crippen LogP contribution in [0.3, 0.4) is 0 Å². The predicted octanol–water partition coefficient (Wildman–Crippen LogP) is 3.23. The predicted molar refractivity (Wildman–Crippen MR) is 66.5 cm³/mol. The lowest BCUT2D eigenvalue weighted by Crippen LogP contribution is -2.22. The van der Waals surface area contributed by atoms with Gasteiger partial charge >= 0.3 is 0 Å². The largest absolute Gasteiger partial charge is 0.386 e. The lowest BCUT2D eigenvalue weighted by Gasteiger charge is -2.22. The van der Waals surface area contributed by atoms with Crippen LogP contribution >= 0.6 is 0 Å². The monoisotopic (exact) mass is 222 g/mol. The number of aliphatic hydroxyl groups is 1. The molecular weight excluding hydrogens is 200 g/mol. The van der Waals surface area contributed by atoms with Crippen molar-refractivity contribution < 1.29 is 9.84 Å². The SMILES string of the molecule is CCCC(OCC)C(O)c1ccc(C)cc1. The Morgan fingerprint density at radius 2 is 1.81 bits per heavy atom. The molecule has 0 aromatic heterocycles. The standard InChI is InChI=1S/C14H22O2/c1-4-6-13(16-5-2)14(15)12-9-7-11(3)8-10-12/h7-10,13-15H,4-6H2,1-3H3. The second kappa shape index (κ2) is 6.66. The van der Waals surface area contributed by atoms with E-state index < -0.39 is 6.10 Å². The van der Waals surface area contributed by atoms with Crippen LogP contribution < -0.4 is 0 Å². The minimum Gasteiger partial charge on any atom is -0.386 e. The maximum Gasteiger partial charge on any atom is 0.105 e. The molecule has 0 aliphatic heterocycles.